The Morgan fingerprint density at radius 2 is 1.74 bits per heavy atom. The number of esters is 1. The van der Waals surface area contributed by atoms with Crippen molar-refractivity contribution in [2.75, 3.05) is 13.2 Å². The lowest BCUT2D eigenvalue weighted by Gasteiger charge is -2.14. The molecule has 1 aromatic heterocycles. The summed E-state index contributed by atoms with van der Waals surface area (Å²) in [7, 11) is 0. The van der Waals surface area contributed by atoms with E-state index in [1.807, 2.05) is 42.5 Å². The summed E-state index contributed by atoms with van der Waals surface area (Å²) < 4.78 is 13.1. The average molecular weight is 514 g/mol. The van der Waals surface area contributed by atoms with Gasteiger partial charge in [-0.05, 0) is 54.6 Å². The van der Waals surface area contributed by atoms with Gasteiger partial charge in [0.05, 0.1) is 13.2 Å². The fourth-order valence-electron chi connectivity index (χ4n) is 4.26. The number of nitroso groups, excluding NO2 is 1. The molecule has 3 aromatic carbocycles. The van der Waals surface area contributed by atoms with E-state index in [0.29, 0.717) is 34.7 Å². The molecule has 9 nitrogen and oxygen atoms in total. The molecule has 0 saturated heterocycles. The second kappa shape index (κ2) is 12.0. The third-order valence-electron chi connectivity index (χ3n) is 5.91. The minimum atomic E-state index is -0.560. The Labute approximate surface area is 219 Å². The highest BCUT2D eigenvalue weighted by molar-refractivity contribution is 6.18. The van der Waals surface area contributed by atoms with Crippen LogP contribution in [0, 0.1) is 4.91 Å². The Morgan fingerprint density at radius 3 is 2.45 bits per heavy atom. The van der Waals surface area contributed by atoms with Crippen molar-refractivity contribution in [2.45, 2.75) is 26.8 Å². The molecule has 0 unspecified atom stereocenters. The van der Waals surface area contributed by atoms with E-state index in [0.717, 1.165) is 34.4 Å². The lowest BCUT2D eigenvalue weighted by molar-refractivity contribution is -0.141. The molecule has 0 radical (unpaired) electrons. The number of aromatic nitrogens is 1. The van der Waals surface area contributed by atoms with E-state index in [1.165, 1.54) is 6.92 Å². The van der Waals surface area contributed by atoms with Crippen LogP contribution in [-0.2, 0) is 25.7 Å². The second-order valence-corrected chi connectivity index (χ2v) is 8.36. The molecule has 4 rings (SSSR count). The number of hydrogen-bond donors (Lipinski definition) is 0. The normalized spacial score (nSPS) is 11.4. The molecule has 0 saturated carbocycles. The van der Waals surface area contributed by atoms with E-state index in [9.17, 15) is 14.5 Å². The number of fused-ring (bicyclic) bond motifs is 3. The number of carbonyl (C=O) groups excluding carboxylic acids is 2. The average Bonchev–Trinajstić information content (AvgIpc) is 3.25. The Bertz CT molecular complexity index is 1550. The van der Waals surface area contributed by atoms with Crippen molar-refractivity contribution in [3.8, 4) is 5.75 Å². The quantitative estimate of drug-likeness (QED) is 0.0461. The Morgan fingerprint density at radius 1 is 1.00 bits per heavy atom. The molecule has 9 heteroatoms. The van der Waals surface area contributed by atoms with E-state index in [2.05, 4.69) is 28.4 Å². The molecule has 4 aromatic rings. The molecule has 0 aliphatic carbocycles. The van der Waals surface area contributed by atoms with Crippen LogP contribution in [0.5, 0.6) is 5.75 Å². The number of rotatable bonds is 11. The number of nitrogens with zero attached hydrogens (tertiary/aromatic N) is 3. The lowest BCUT2D eigenvalue weighted by Crippen LogP contribution is -2.11. The van der Waals surface area contributed by atoms with Gasteiger partial charge < -0.3 is 18.9 Å². The summed E-state index contributed by atoms with van der Waals surface area (Å²) in [5, 5.41) is 9.06. The molecule has 0 spiro atoms. The predicted molar refractivity (Wildman–Crippen MR) is 146 cm³/mol. The first-order valence-electron chi connectivity index (χ1n) is 12.1. The minimum Gasteiger partial charge on any atom is -0.493 e. The van der Waals surface area contributed by atoms with Crippen LogP contribution in [0.3, 0.4) is 0 Å². The van der Waals surface area contributed by atoms with Gasteiger partial charge in [0.1, 0.15) is 17.1 Å². The highest BCUT2D eigenvalue weighted by atomic mass is 16.7. The molecule has 0 fully saturated rings. The first-order chi connectivity index (χ1) is 18.5. The van der Waals surface area contributed by atoms with Gasteiger partial charge in [-0.25, -0.2) is 9.59 Å². The van der Waals surface area contributed by atoms with E-state index in [1.54, 1.807) is 18.2 Å². The standard InChI is InChI=1S/C29H27N3O6/c1-4-28(34)37-16-8-15-36-27-10-7-6-9-22(27)29(31-38-19(3)33)20-11-13-25-23(17-20)24-18-21(30-35)12-14-26(24)32(25)5-2/h4,6-7,9-14,17-18H,1,5,8,15-16H2,2-3H3/b31-29-. The molecular formula is C29H27N3O6. The summed E-state index contributed by atoms with van der Waals surface area (Å²) >= 11 is 0. The molecule has 194 valence electrons. The van der Waals surface area contributed by atoms with Crippen LogP contribution in [-0.4, -0.2) is 35.4 Å². The van der Waals surface area contributed by atoms with Crippen LogP contribution in [0.4, 0.5) is 5.69 Å². The van der Waals surface area contributed by atoms with Gasteiger partial charge in [0.15, 0.2) is 0 Å². The molecule has 0 atom stereocenters. The van der Waals surface area contributed by atoms with E-state index in [-0.39, 0.29) is 13.2 Å². The molecule has 0 aliphatic rings. The van der Waals surface area contributed by atoms with Gasteiger partial charge in [0.25, 0.3) is 0 Å². The van der Waals surface area contributed by atoms with Crippen molar-refractivity contribution in [3.05, 3.63) is 89.4 Å². The van der Waals surface area contributed by atoms with Gasteiger partial charge >= 0.3 is 11.9 Å². The molecule has 1 heterocycles. The first-order valence-corrected chi connectivity index (χ1v) is 12.1. The Kier molecular flexibility index (Phi) is 8.27. The molecular weight excluding hydrogens is 486 g/mol. The fourth-order valence-corrected chi connectivity index (χ4v) is 4.26. The maximum Gasteiger partial charge on any atom is 0.332 e. The van der Waals surface area contributed by atoms with Gasteiger partial charge in [-0.3, -0.25) is 0 Å². The number of oxime groups is 1. The summed E-state index contributed by atoms with van der Waals surface area (Å²) in [6, 6.07) is 18.4. The summed E-state index contributed by atoms with van der Waals surface area (Å²) in [6.07, 6.45) is 1.58. The molecule has 0 aliphatic heterocycles. The van der Waals surface area contributed by atoms with Crippen molar-refractivity contribution in [1.82, 2.24) is 4.57 Å². The van der Waals surface area contributed by atoms with E-state index in [4.69, 9.17) is 14.3 Å². The van der Waals surface area contributed by atoms with Crippen LogP contribution >= 0.6 is 0 Å². The number of ether oxygens (including phenoxy) is 2. The summed E-state index contributed by atoms with van der Waals surface area (Å²) in [6.45, 7) is 7.92. The van der Waals surface area contributed by atoms with Gasteiger partial charge in [-0.15, -0.1) is 4.91 Å². The number of hydrogen-bond acceptors (Lipinski definition) is 8. The number of carbonyl (C=O) groups is 2. The largest absolute Gasteiger partial charge is 0.493 e. The van der Waals surface area contributed by atoms with E-state index < -0.39 is 11.9 Å². The van der Waals surface area contributed by atoms with Gasteiger partial charge in [0.2, 0.25) is 0 Å². The Balaban J connectivity index is 1.75. The van der Waals surface area contributed by atoms with Crippen LogP contribution in [0.15, 0.2) is 83.7 Å². The summed E-state index contributed by atoms with van der Waals surface area (Å²) in [5.41, 5.74) is 4.01. The highest BCUT2D eigenvalue weighted by Gasteiger charge is 2.18. The summed E-state index contributed by atoms with van der Waals surface area (Å²) in [4.78, 5) is 39.2. The number of benzene rings is 3. The van der Waals surface area contributed by atoms with Crippen molar-refractivity contribution in [3.63, 3.8) is 0 Å². The third kappa shape index (κ3) is 5.62. The van der Waals surface area contributed by atoms with E-state index >= 15 is 0 Å². The lowest BCUT2D eigenvalue weighted by atomic mass is 9.99. The first kappa shape index (κ1) is 26.3. The van der Waals surface area contributed by atoms with Crippen molar-refractivity contribution in [2.24, 2.45) is 10.3 Å². The monoisotopic (exact) mass is 513 g/mol. The maximum atomic E-state index is 11.7. The van der Waals surface area contributed by atoms with Gasteiger partial charge in [-0.2, -0.15) is 0 Å². The SMILES string of the molecule is C=CC(=O)OCCCOc1ccccc1/C(=N\OC(C)=O)c1ccc2c(c1)c1cc(N=O)ccc1n2CC. The van der Waals surface area contributed by atoms with Gasteiger partial charge in [0, 0.05) is 58.9 Å². The smallest absolute Gasteiger partial charge is 0.332 e. The number of aryl methyl sites for hydroxylation is 1. The Hall–Kier alpha value is -4.79. The zero-order valence-electron chi connectivity index (χ0n) is 21.2. The fraction of sp³-hybridized carbons (Fsp3) is 0.207. The molecule has 38 heavy (non-hydrogen) atoms. The second-order valence-electron chi connectivity index (χ2n) is 8.36. The maximum absolute atomic E-state index is 11.7. The zero-order chi connectivity index (χ0) is 27.1. The topological polar surface area (TPSA) is 109 Å². The van der Waals surface area contributed by atoms with Crippen LogP contribution in [0.2, 0.25) is 0 Å². The molecule has 0 amide bonds. The summed E-state index contributed by atoms with van der Waals surface area (Å²) in [5.74, 6) is -0.524. The highest BCUT2D eigenvalue weighted by Crippen LogP contribution is 2.34. The zero-order valence-corrected chi connectivity index (χ0v) is 21.2. The molecule has 0 N–H and O–H groups in total. The van der Waals surface area contributed by atoms with Crippen molar-refractivity contribution < 1.29 is 23.9 Å². The van der Waals surface area contributed by atoms with Gasteiger partial charge in [-0.1, -0.05) is 29.9 Å². The van der Waals surface area contributed by atoms with Crippen molar-refractivity contribution in [1.29, 1.82) is 0 Å². The van der Waals surface area contributed by atoms with Crippen LogP contribution in [0.25, 0.3) is 21.8 Å². The van der Waals surface area contributed by atoms with Crippen LogP contribution in [0.1, 0.15) is 31.4 Å². The van der Waals surface area contributed by atoms with Crippen LogP contribution < -0.4 is 4.74 Å². The van der Waals surface area contributed by atoms with Crippen molar-refractivity contribution >= 4 is 45.1 Å². The third-order valence-corrected chi connectivity index (χ3v) is 5.91. The predicted octanol–water partition coefficient (Wildman–Crippen LogP) is 6.03. The molecule has 0 bridgehead atoms. The number of para-hydroxylation sites is 1. The minimum absolute atomic E-state index is 0.192.